The summed E-state index contributed by atoms with van der Waals surface area (Å²) >= 11 is 1.34. The molecule has 0 bridgehead atoms. The van der Waals surface area contributed by atoms with Gasteiger partial charge in [0, 0.05) is 5.69 Å². The van der Waals surface area contributed by atoms with Crippen LogP contribution in [0.4, 0.5) is 11.5 Å². The van der Waals surface area contributed by atoms with Gasteiger partial charge in [-0.2, -0.15) is 0 Å². The summed E-state index contributed by atoms with van der Waals surface area (Å²) in [6.07, 6.45) is 1.51. The van der Waals surface area contributed by atoms with Gasteiger partial charge in [-0.05, 0) is 44.9 Å². The lowest BCUT2D eigenvalue weighted by Gasteiger charge is -2.10. The maximum Gasteiger partial charge on any atom is 0.348 e. The molecule has 124 valence electrons. The van der Waals surface area contributed by atoms with Crippen molar-refractivity contribution in [3.05, 3.63) is 46.1 Å². The number of fused-ring (bicyclic) bond motifs is 1. The molecule has 2 aromatic heterocycles. The zero-order valence-electron chi connectivity index (χ0n) is 14.1. The molecule has 0 spiro atoms. The Bertz CT molecular complexity index is 918. The molecule has 1 aromatic carbocycles. The molecule has 0 saturated carbocycles. The number of rotatable bonds is 4. The van der Waals surface area contributed by atoms with E-state index in [9.17, 15) is 4.79 Å². The number of benzene rings is 1. The van der Waals surface area contributed by atoms with Gasteiger partial charge in [-0.1, -0.05) is 17.7 Å². The van der Waals surface area contributed by atoms with Gasteiger partial charge in [0.25, 0.3) is 0 Å². The first-order valence-electron chi connectivity index (χ1n) is 7.76. The summed E-state index contributed by atoms with van der Waals surface area (Å²) in [5.41, 5.74) is 4.19. The minimum atomic E-state index is -0.310. The van der Waals surface area contributed by atoms with Crippen LogP contribution in [0.1, 0.15) is 33.3 Å². The van der Waals surface area contributed by atoms with Gasteiger partial charge in [0.15, 0.2) is 0 Å². The van der Waals surface area contributed by atoms with E-state index < -0.39 is 0 Å². The Labute approximate surface area is 144 Å². The minimum absolute atomic E-state index is 0.310. The number of esters is 1. The highest BCUT2D eigenvalue weighted by Gasteiger charge is 2.20. The van der Waals surface area contributed by atoms with Crippen molar-refractivity contribution in [1.29, 1.82) is 0 Å². The van der Waals surface area contributed by atoms with E-state index in [-0.39, 0.29) is 5.97 Å². The summed E-state index contributed by atoms with van der Waals surface area (Å²) in [5.74, 6) is 0.395. The van der Waals surface area contributed by atoms with Crippen molar-refractivity contribution in [1.82, 2.24) is 9.97 Å². The van der Waals surface area contributed by atoms with Gasteiger partial charge in [0.05, 0.1) is 12.0 Å². The number of hydrogen-bond donors (Lipinski definition) is 1. The molecule has 3 rings (SSSR count). The Balaban J connectivity index is 2.07. The number of aromatic nitrogens is 2. The fraction of sp³-hybridized carbons (Fsp3) is 0.278. The molecule has 3 aromatic rings. The quantitative estimate of drug-likeness (QED) is 0.706. The standard InChI is InChI=1S/C18H19N3O2S/c1-5-23-18(22)15-12(4)14-16(19-9-20-17(14)24-15)21-13-7-6-10(2)8-11(13)3/h6-9H,5H2,1-4H3,(H,19,20,21). The largest absolute Gasteiger partial charge is 0.462 e. The average Bonchev–Trinajstić information content (AvgIpc) is 2.88. The van der Waals surface area contributed by atoms with Crippen LogP contribution in [0.15, 0.2) is 24.5 Å². The number of carbonyl (C=O) groups is 1. The smallest absolute Gasteiger partial charge is 0.348 e. The summed E-state index contributed by atoms with van der Waals surface area (Å²) in [5, 5.41) is 4.24. The van der Waals surface area contributed by atoms with Crippen LogP contribution < -0.4 is 5.32 Å². The number of nitrogens with zero attached hydrogens (tertiary/aromatic N) is 2. The molecule has 0 atom stereocenters. The first-order valence-corrected chi connectivity index (χ1v) is 8.58. The summed E-state index contributed by atoms with van der Waals surface area (Å²) in [6, 6.07) is 6.20. The van der Waals surface area contributed by atoms with Gasteiger partial charge in [-0.3, -0.25) is 0 Å². The van der Waals surface area contributed by atoms with Gasteiger partial charge in [0.2, 0.25) is 0 Å². The molecular weight excluding hydrogens is 322 g/mol. The van der Waals surface area contributed by atoms with Gasteiger partial charge < -0.3 is 10.1 Å². The normalized spacial score (nSPS) is 10.8. The molecule has 2 heterocycles. The third kappa shape index (κ3) is 2.97. The van der Waals surface area contributed by atoms with Crippen molar-refractivity contribution < 1.29 is 9.53 Å². The zero-order chi connectivity index (χ0) is 17.3. The number of thiophene rings is 1. The molecule has 24 heavy (non-hydrogen) atoms. The topological polar surface area (TPSA) is 64.1 Å². The Kier molecular flexibility index (Phi) is 4.49. The van der Waals surface area contributed by atoms with Crippen molar-refractivity contribution in [2.24, 2.45) is 0 Å². The number of aryl methyl sites for hydroxylation is 3. The lowest BCUT2D eigenvalue weighted by Crippen LogP contribution is -2.03. The van der Waals surface area contributed by atoms with Crippen molar-refractivity contribution >= 4 is 39.0 Å². The Morgan fingerprint density at radius 3 is 2.75 bits per heavy atom. The fourth-order valence-corrected chi connectivity index (χ4v) is 3.68. The SMILES string of the molecule is CCOC(=O)c1sc2ncnc(Nc3ccc(C)cc3C)c2c1C. The lowest BCUT2D eigenvalue weighted by atomic mass is 10.1. The van der Waals surface area contributed by atoms with E-state index >= 15 is 0 Å². The van der Waals surface area contributed by atoms with E-state index in [1.165, 1.54) is 23.2 Å². The third-order valence-corrected chi connectivity index (χ3v) is 5.00. The summed E-state index contributed by atoms with van der Waals surface area (Å²) in [6.45, 7) is 8.17. The summed E-state index contributed by atoms with van der Waals surface area (Å²) in [4.78, 5) is 22.2. The number of carbonyl (C=O) groups excluding carboxylic acids is 1. The van der Waals surface area contributed by atoms with E-state index in [0.717, 1.165) is 27.0 Å². The zero-order valence-corrected chi connectivity index (χ0v) is 15.0. The van der Waals surface area contributed by atoms with Crippen molar-refractivity contribution in [3.8, 4) is 0 Å². The van der Waals surface area contributed by atoms with Crippen LogP contribution in [0.2, 0.25) is 0 Å². The van der Waals surface area contributed by atoms with Gasteiger partial charge in [-0.25, -0.2) is 14.8 Å². The maximum absolute atomic E-state index is 12.1. The van der Waals surface area contributed by atoms with Crippen LogP contribution in [-0.2, 0) is 4.74 Å². The van der Waals surface area contributed by atoms with Crippen molar-refractivity contribution in [2.75, 3.05) is 11.9 Å². The molecule has 0 aliphatic carbocycles. The second kappa shape index (κ2) is 6.57. The van der Waals surface area contributed by atoms with Crippen LogP contribution in [0.25, 0.3) is 10.2 Å². The number of hydrogen-bond acceptors (Lipinski definition) is 6. The van der Waals surface area contributed by atoms with E-state index in [2.05, 4.69) is 41.3 Å². The average molecular weight is 341 g/mol. The maximum atomic E-state index is 12.1. The van der Waals surface area contributed by atoms with Gasteiger partial charge in [0.1, 0.15) is 21.9 Å². The van der Waals surface area contributed by atoms with E-state index in [0.29, 0.717) is 17.3 Å². The predicted octanol–water partition coefficient (Wildman–Crippen LogP) is 4.54. The third-order valence-electron chi connectivity index (χ3n) is 3.82. The highest BCUT2D eigenvalue weighted by molar-refractivity contribution is 7.20. The Hall–Kier alpha value is -2.47. The lowest BCUT2D eigenvalue weighted by molar-refractivity contribution is 0.0531. The second-order valence-corrected chi connectivity index (χ2v) is 6.62. The molecular formula is C18H19N3O2S. The van der Waals surface area contributed by atoms with Crippen LogP contribution in [-0.4, -0.2) is 22.5 Å². The van der Waals surface area contributed by atoms with Crippen LogP contribution >= 0.6 is 11.3 Å². The number of ether oxygens (including phenoxy) is 1. The molecule has 6 heteroatoms. The number of anilines is 2. The molecule has 5 nitrogen and oxygen atoms in total. The molecule has 0 aliphatic heterocycles. The van der Waals surface area contributed by atoms with Gasteiger partial charge in [-0.15, -0.1) is 11.3 Å². The summed E-state index contributed by atoms with van der Waals surface area (Å²) in [7, 11) is 0. The number of nitrogens with one attached hydrogen (secondary N) is 1. The van der Waals surface area contributed by atoms with E-state index in [1.807, 2.05) is 13.0 Å². The van der Waals surface area contributed by atoms with Crippen LogP contribution in [0.5, 0.6) is 0 Å². The minimum Gasteiger partial charge on any atom is -0.462 e. The molecule has 0 saturated heterocycles. The second-order valence-electron chi connectivity index (χ2n) is 5.62. The summed E-state index contributed by atoms with van der Waals surface area (Å²) < 4.78 is 5.13. The Morgan fingerprint density at radius 1 is 1.25 bits per heavy atom. The highest BCUT2D eigenvalue weighted by Crippen LogP contribution is 2.35. The van der Waals surface area contributed by atoms with E-state index in [1.54, 1.807) is 6.92 Å². The van der Waals surface area contributed by atoms with Crippen molar-refractivity contribution in [3.63, 3.8) is 0 Å². The predicted molar refractivity (Wildman–Crippen MR) is 97.3 cm³/mol. The molecule has 0 amide bonds. The van der Waals surface area contributed by atoms with Gasteiger partial charge >= 0.3 is 5.97 Å². The molecule has 0 fully saturated rings. The molecule has 0 unspecified atom stereocenters. The first kappa shape index (κ1) is 16.4. The molecule has 0 aliphatic rings. The molecule has 0 radical (unpaired) electrons. The Morgan fingerprint density at radius 2 is 2.04 bits per heavy atom. The van der Waals surface area contributed by atoms with E-state index in [4.69, 9.17) is 4.74 Å². The van der Waals surface area contributed by atoms with Crippen LogP contribution in [0.3, 0.4) is 0 Å². The first-order chi connectivity index (χ1) is 11.5. The highest BCUT2D eigenvalue weighted by atomic mass is 32.1. The monoisotopic (exact) mass is 341 g/mol. The fourth-order valence-electron chi connectivity index (χ4n) is 2.64. The van der Waals surface area contributed by atoms with Crippen LogP contribution in [0, 0.1) is 20.8 Å². The molecule has 1 N–H and O–H groups in total. The van der Waals surface area contributed by atoms with Crippen molar-refractivity contribution in [2.45, 2.75) is 27.7 Å².